The number of esters is 1. The van der Waals surface area contributed by atoms with Crippen molar-refractivity contribution in [3.63, 3.8) is 0 Å². The van der Waals surface area contributed by atoms with Crippen molar-refractivity contribution in [3.8, 4) is 0 Å². The van der Waals surface area contributed by atoms with Crippen LogP contribution in [0.15, 0.2) is 41.9 Å². The highest BCUT2D eigenvalue weighted by Gasteiger charge is 2.46. The Hall–Kier alpha value is -1.32. The maximum atomic E-state index is 12.3. The van der Waals surface area contributed by atoms with Crippen LogP contribution in [0.1, 0.15) is 29.6 Å². The molecule has 0 amide bonds. The number of fused-ring (bicyclic) bond motifs is 2. The van der Waals surface area contributed by atoms with E-state index in [1.54, 1.807) is 17.7 Å². The molecule has 3 rings (SSSR count). The van der Waals surface area contributed by atoms with E-state index in [4.69, 9.17) is 16.3 Å². The third-order valence-corrected chi connectivity index (χ3v) is 4.98. The summed E-state index contributed by atoms with van der Waals surface area (Å²) >= 11 is 5.80. The van der Waals surface area contributed by atoms with Crippen LogP contribution in [0, 0.1) is 5.92 Å². The van der Waals surface area contributed by atoms with Gasteiger partial charge in [-0.2, -0.15) is 0 Å². The van der Waals surface area contributed by atoms with Gasteiger partial charge < -0.3 is 4.74 Å². The fraction of sp³-hybridized carbons (Fsp3) is 0.471. The van der Waals surface area contributed by atoms with E-state index < -0.39 is 0 Å². The average Bonchev–Trinajstić information content (AvgIpc) is 2.75. The smallest absolute Gasteiger partial charge is 0.338 e. The van der Waals surface area contributed by atoms with Crippen molar-refractivity contribution in [1.82, 2.24) is 4.90 Å². The molecular formula is C17H20ClNO2. The lowest BCUT2D eigenvalue weighted by molar-refractivity contribution is -0.0208. The monoisotopic (exact) mass is 305 g/mol. The predicted molar refractivity (Wildman–Crippen MR) is 83.3 cm³/mol. The van der Waals surface area contributed by atoms with E-state index in [2.05, 4.69) is 11.9 Å². The minimum Gasteiger partial charge on any atom is -0.458 e. The fourth-order valence-electron chi connectivity index (χ4n) is 3.70. The van der Waals surface area contributed by atoms with Crippen molar-refractivity contribution in [2.24, 2.45) is 5.92 Å². The molecule has 4 heteroatoms. The predicted octanol–water partition coefficient (Wildman–Crippen LogP) is 3.45. The van der Waals surface area contributed by atoms with Gasteiger partial charge >= 0.3 is 5.97 Å². The highest BCUT2D eigenvalue weighted by atomic mass is 35.5. The van der Waals surface area contributed by atoms with Gasteiger partial charge in [0.05, 0.1) is 5.56 Å². The molecule has 0 N–H and O–H groups in total. The highest BCUT2D eigenvalue weighted by molar-refractivity contribution is 6.25. The van der Waals surface area contributed by atoms with Crippen LogP contribution in [0.3, 0.4) is 0 Å². The Kier molecular flexibility index (Phi) is 4.32. The van der Waals surface area contributed by atoms with Gasteiger partial charge in [-0.25, -0.2) is 4.79 Å². The minimum absolute atomic E-state index is 0.0820. The van der Waals surface area contributed by atoms with Gasteiger partial charge in [0.25, 0.3) is 0 Å². The first-order valence-electron chi connectivity index (χ1n) is 7.45. The Morgan fingerprint density at radius 1 is 1.33 bits per heavy atom. The summed E-state index contributed by atoms with van der Waals surface area (Å²) in [7, 11) is 2.16. The van der Waals surface area contributed by atoms with Gasteiger partial charge in [0.2, 0.25) is 0 Å². The van der Waals surface area contributed by atoms with Crippen LogP contribution < -0.4 is 0 Å². The van der Waals surface area contributed by atoms with E-state index in [9.17, 15) is 4.79 Å². The fourth-order valence-corrected chi connectivity index (χ4v) is 3.87. The van der Waals surface area contributed by atoms with Crippen molar-refractivity contribution in [1.29, 1.82) is 0 Å². The number of rotatable bonds is 3. The van der Waals surface area contributed by atoms with E-state index >= 15 is 0 Å². The number of nitrogens with zero attached hydrogens (tertiary/aromatic N) is 1. The van der Waals surface area contributed by atoms with E-state index in [0.717, 1.165) is 12.8 Å². The van der Waals surface area contributed by atoms with Gasteiger partial charge in [-0.15, -0.1) is 0 Å². The van der Waals surface area contributed by atoms with Crippen molar-refractivity contribution < 1.29 is 9.53 Å². The van der Waals surface area contributed by atoms with Crippen molar-refractivity contribution in [2.75, 3.05) is 7.05 Å². The lowest BCUT2D eigenvalue weighted by Crippen LogP contribution is -2.49. The second-order valence-corrected chi connectivity index (χ2v) is 6.16. The summed E-state index contributed by atoms with van der Waals surface area (Å²) in [6.07, 6.45) is 5.10. The lowest BCUT2D eigenvalue weighted by atomic mass is 9.87. The topological polar surface area (TPSA) is 29.5 Å². The van der Waals surface area contributed by atoms with E-state index in [0.29, 0.717) is 17.6 Å². The summed E-state index contributed by atoms with van der Waals surface area (Å²) in [5.74, 6) is -0.0589. The summed E-state index contributed by atoms with van der Waals surface area (Å²) in [5.41, 5.74) is 2.16. The standard InChI is InChI=1S/C17H20ClNO2/c1-19-13-7-8-15(19)14(9-10-18)16(11-13)21-17(20)12-5-3-2-4-6-12/h2-6,9-10,13-16H,7-8,11H2,1H3/b10-9-/t13-,14+,15+,16-/m0/s1. The van der Waals surface area contributed by atoms with E-state index in [1.165, 1.54) is 6.42 Å². The first-order valence-corrected chi connectivity index (χ1v) is 7.89. The van der Waals surface area contributed by atoms with Crippen molar-refractivity contribution >= 4 is 17.6 Å². The zero-order valence-electron chi connectivity index (χ0n) is 12.1. The Morgan fingerprint density at radius 2 is 2.10 bits per heavy atom. The van der Waals surface area contributed by atoms with Gasteiger partial charge in [0.15, 0.2) is 0 Å². The van der Waals surface area contributed by atoms with Crippen molar-refractivity contribution in [3.05, 3.63) is 47.5 Å². The molecule has 0 saturated carbocycles. The molecule has 112 valence electrons. The summed E-state index contributed by atoms with van der Waals surface area (Å²) in [5, 5.41) is 0. The molecule has 2 heterocycles. The number of hydrogen-bond donors (Lipinski definition) is 0. The van der Waals surface area contributed by atoms with Crippen LogP contribution in [0.5, 0.6) is 0 Å². The van der Waals surface area contributed by atoms with Crippen LogP contribution in [0.2, 0.25) is 0 Å². The van der Waals surface area contributed by atoms with Crippen LogP contribution in [-0.2, 0) is 4.74 Å². The number of ether oxygens (including phenoxy) is 1. The molecule has 1 aromatic carbocycles. The van der Waals surface area contributed by atoms with E-state index in [1.807, 2.05) is 24.3 Å². The van der Waals surface area contributed by atoms with Gasteiger partial charge in [0, 0.05) is 30.0 Å². The average molecular weight is 306 g/mol. The summed E-state index contributed by atoms with van der Waals surface area (Å²) in [4.78, 5) is 14.7. The Bertz CT molecular complexity index is 531. The first-order chi connectivity index (χ1) is 10.2. The SMILES string of the molecule is CN1[C@H]2CC[C@@H]1[C@@H](/C=C\Cl)[C@@H](OC(=O)c1ccccc1)C2. The number of piperidine rings is 1. The third kappa shape index (κ3) is 2.85. The molecule has 0 aliphatic carbocycles. The van der Waals surface area contributed by atoms with Crippen LogP contribution in [-0.4, -0.2) is 36.1 Å². The number of carbonyl (C=O) groups is 1. The van der Waals surface area contributed by atoms with Gasteiger partial charge in [0.1, 0.15) is 6.10 Å². The van der Waals surface area contributed by atoms with Crippen molar-refractivity contribution in [2.45, 2.75) is 37.5 Å². The molecule has 21 heavy (non-hydrogen) atoms. The lowest BCUT2D eigenvalue weighted by Gasteiger charge is -2.41. The molecule has 2 fully saturated rings. The summed E-state index contributed by atoms with van der Waals surface area (Å²) < 4.78 is 5.80. The van der Waals surface area contributed by atoms with Crippen LogP contribution in [0.4, 0.5) is 0 Å². The number of hydrogen-bond acceptors (Lipinski definition) is 3. The first kappa shape index (κ1) is 14.6. The van der Waals surface area contributed by atoms with Crippen LogP contribution in [0.25, 0.3) is 0 Å². The summed E-state index contributed by atoms with van der Waals surface area (Å²) in [6.45, 7) is 0. The molecule has 2 saturated heterocycles. The van der Waals surface area contributed by atoms with Gasteiger partial charge in [-0.05, 0) is 32.0 Å². The maximum absolute atomic E-state index is 12.3. The molecule has 1 aromatic rings. The molecule has 0 radical (unpaired) electrons. The molecular weight excluding hydrogens is 286 g/mol. The molecule has 2 aliphatic rings. The maximum Gasteiger partial charge on any atom is 0.338 e. The van der Waals surface area contributed by atoms with Gasteiger partial charge in [-0.1, -0.05) is 35.9 Å². The Balaban J connectivity index is 1.76. The Morgan fingerprint density at radius 3 is 2.81 bits per heavy atom. The number of carbonyl (C=O) groups excluding carboxylic acids is 1. The number of halogens is 1. The zero-order valence-corrected chi connectivity index (χ0v) is 12.9. The third-order valence-electron chi connectivity index (χ3n) is 4.84. The summed E-state index contributed by atoms with van der Waals surface area (Å²) in [6, 6.07) is 10.1. The molecule has 0 aromatic heterocycles. The number of benzene rings is 1. The minimum atomic E-state index is -0.238. The molecule has 3 nitrogen and oxygen atoms in total. The normalized spacial score (nSPS) is 32.5. The molecule has 4 atom stereocenters. The quantitative estimate of drug-likeness (QED) is 0.801. The molecule has 2 bridgehead atoms. The molecule has 2 aliphatic heterocycles. The second kappa shape index (κ2) is 6.20. The highest BCUT2D eigenvalue weighted by Crippen LogP contribution is 2.40. The second-order valence-electron chi connectivity index (χ2n) is 5.91. The zero-order chi connectivity index (χ0) is 14.8. The largest absolute Gasteiger partial charge is 0.458 e. The van der Waals surface area contributed by atoms with E-state index in [-0.39, 0.29) is 18.0 Å². The van der Waals surface area contributed by atoms with Crippen LogP contribution >= 0.6 is 11.6 Å². The van der Waals surface area contributed by atoms with Gasteiger partial charge in [-0.3, -0.25) is 4.90 Å². The Labute approximate surface area is 130 Å². The molecule has 0 unspecified atom stereocenters. The molecule has 0 spiro atoms.